The van der Waals surface area contributed by atoms with E-state index in [1.54, 1.807) is 49.4 Å². The van der Waals surface area contributed by atoms with E-state index < -0.39 is 27.4 Å². The van der Waals surface area contributed by atoms with Crippen LogP contribution in [0.3, 0.4) is 0 Å². The molecule has 5 N–H and O–H groups in total. The van der Waals surface area contributed by atoms with Gasteiger partial charge in [0.2, 0.25) is 0 Å². The van der Waals surface area contributed by atoms with E-state index >= 15 is 0 Å². The van der Waals surface area contributed by atoms with E-state index in [0.717, 1.165) is 5.56 Å². The van der Waals surface area contributed by atoms with Crippen LogP contribution in [0.25, 0.3) is 0 Å². The summed E-state index contributed by atoms with van der Waals surface area (Å²) in [6, 6.07) is 10.9. The highest BCUT2D eigenvalue weighted by Gasteiger charge is 2.28. The molecule has 0 radical (unpaired) electrons. The van der Waals surface area contributed by atoms with Crippen LogP contribution in [0.4, 0.5) is 5.69 Å². The van der Waals surface area contributed by atoms with Gasteiger partial charge in [0.05, 0.1) is 10.6 Å². The summed E-state index contributed by atoms with van der Waals surface area (Å²) in [4.78, 5) is 13.0. The van der Waals surface area contributed by atoms with Gasteiger partial charge in [-0.2, -0.15) is 0 Å². The van der Waals surface area contributed by atoms with Crippen molar-refractivity contribution in [2.75, 3.05) is 11.6 Å². The third-order valence-corrected chi connectivity index (χ3v) is 6.40. The second kappa shape index (κ2) is 8.84. The molecule has 0 saturated heterocycles. The quantitative estimate of drug-likeness (QED) is 0.538. The van der Waals surface area contributed by atoms with E-state index in [9.17, 15) is 13.2 Å². The number of benzene rings is 2. The first kappa shape index (κ1) is 23.6. The van der Waals surface area contributed by atoms with Gasteiger partial charge in [-0.3, -0.25) is 0 Å². The van der Waals surface area contributed by atoms with Gasteiger partial charge >= 0.3 is 5.97 Å². The average Bonchev–Trinajstić information content (AvgIpc) is 2.71. The summed E-state index contributed by atoms with van der Waals surface area (Å²) < 4.78 is 34.5. The highest BCUT2D eigenvalue weighted by Crippen LogP contribution is 2.34. The topological polar surface area (TPSA) is 134 Å². The van der Waals surface area contributed by atoms with Crippen LogP contribution in [0.1, 0.15) is 44.4 Å². The van der Waals surface area contributed by atoms with Crippen molar-refractivity contribution < 1.29 is 22.7 Å². The number of hydrogen-bond donors (Lipinski definition) is 3. The van der Waals surface area contributed by atoms with Gasteiger partial charge in [0.15, 0.2) is 15.6 Å². The maximum atomic E-state index is 12.7. The van der Waals surface area contributed by atoms with Gasteiger partial charge in [-0.25, -0.2) is 13.2 Å². The Morgan fingerprint density at radius 2 is 1.84 bits per heavy atom. The number of aryl methyl sites for hydroxylation is 1. The highest BCUT2D eigenvalue weighted by molar-refractivity contribution is 7.90. The van der Waals surface area contributed by atoms with Crippen LogP contribution >= 0.6 is 0 Å². The molecule has 0 spiro atoms. The molecule has 1 heterocycles. The summed E-state index contributed by atoms with van der Waals surface area (Å²) in [5, 5.41) is 3.03. The van der Waals surface area contributed by atoms with Crippen molar-refractivity contribution in [3.63, 3.8) is 0 Å². The van der Waals surface area contributed by atoms with Crippen LogP contribution in [0, 0.1) is 0 Å². The van der Waals surface area contributed by atoms with E-state index in [-0.39, 0.29) is 4.90 Å². The standard InChI is InChI=1S/C23H29N3O5S/c1-14-21(25)26-18-13-16(7-10-19(18)30-14)20(24)22(27)31-23(2,3)12-11-15-5-8-17(9-6-15)32(4,28)29/h5-10,13,20,26H,11-12,24-25H2,1-4H3. The van der Waals surface area contributed by atoms with Gasteiger partial charge < -0.3 is 26.3 Å². The van der Waals surface area contributed by atoms with Crippen molar-refractivity contribution in [3.05, 3.63) is 65.2 Å². The minimum absolute atomic E-state index is 0.273. The largest absolute Gasteiger partial charge is 0.458 e. The molecule has 1 aliphatic heterocycles. The molecule has 1 aliphatic rings. The molecule has 0 fully saturated rings. The number of rotatable bonds is 7. The fourth-order valence-corrected chi connectivity index (χ4v) is 3.88. The lowest BCUT2D eigenvalue weighted by Gasteiger charge is -2.27. The number of nitrogens with two attached hydrogens (primary N) is 2. The minimum atomic E-state index is -3.23. The van der Waals surface area contributed by atoms with Gasteiger partial charge in [-0.05, 0) is 69.0 Å². The number of anilines is 1. The summed E-state index contributed by atoms with van der Waals surface area (Å²) in [7, 11) is -3.23. The lowest BCUT2D eigenvalue weighted by atomic mass is 9.98. The number of hydrogen-bond acceptors (Lipinski definition) is 8. The Morgan fingerprint density at radius 3 is 2.47 bits per heavy atom. The molecule has 2 aromatic rings. The van der Waals surface area contributed by atoms with Gasteiger partial charge in [0, 0.05) is 6.26 Å². The third-order valence-electron chi connectivity index (χ3n) is 5.27. The molecule has 0 aromatic heterocycles. The lowest BCUT2D eigenvalue weighted by molar-refractivity contribution is -0.158. The van der Waals surface area contributed by atoms with Gasteiger partial charge in [0.25, 0.3) is 0 Å². The lowest BCUT2D eigenvalue weighted by Crippen LogP contribution is -2.34. The first-order valence-electron chi connectivity index (χ1n) is 10.2. The molecular formula is C23H29N3O5S. The molecule has 172 valence electrons. The Labute approximate surface area is 188 Å². The van der Waals surface area contributed by atoms with Crippen molar-refractivity contribution in [2.24, 2.45) is 11.5 Å². The van der Waals surface area contributed by atoms with E-state index in [0.29, 0.717) is 41.4 Å². The Hall–Kier alpha value is -3.04. The van der Waals surface area contributed by atoms with Gasteiger partial charge in [-0.1, -0.05) is 18.2 Å². The Bertz CT molecular complexity index is 1150. The summed E-state index contributed by atoms with van der Waals surface area (Å²) in [5.74, 6) is 1.03. The zero-order valence-corrected chi connectivity index (χ0v) is 19.5. The maximum absolute atomic E-state index is 12.7. The summed E-state index contributed by atoms with van der Waals surface area (Å²) in [5.41, 5.74) is 13.4. The molecule has 0 saturated carbocycles. The SMILES string of the molecule is CC1=C(N)Nc2cc(C(N)C(=O)OC(C)(C)CCc3ccc(S(C)(=O)=O)cc3)ccc2O1. The second-order valence-electron chi connectivity index (χ2n) is 8.53. The monoisotopic (exact) mass is 459 g/mol. The van der Waals surface area contributed by atoms with E-state index in [2.05, 4.69) is 5.32 Å². The molecular weight excluding hydrogens is 430 g/mol. The number of carbonyl (C=O) groups is 1. The van der Waals surface area contributed by atoms with Crippen molar-refractivity contribution in [3.8, 4) is 5.75 Å². The van der Waals surface area contributed by atoms with Crippen molar-refractivity contribution in [1.82, 2.24) is 0 Å². The predicted molar refractivity (Wildman–Crippen MR) is 123 cm³/mol. The van der Waals surface area contributed by atoms with Crippen LogP contribution in [-0.2, 0) is 25.8 Å². The Kier molecular flexibility index (Phi) is 6.52. The van der Waals surface area contributed by atoms with Crippen molar-refractivity contribution in [1.29, 1.82) is 0 Å². The molecule has 32 heavy (non-hydrogen) atoms. The zero-order valence-electron chi connectivity index (χ0n) is 18.6. The van der Waals surface area contributed by atoms with E-state index in [1.807, 2.05) is 13.8 Å². The number of fused-ring (bicyclic) bond motifs is 1. The third kappa shape index (κ3) is 5.60. The summed E-state index contributed by atoms with van der Waals surface area (Å²) in [6.07, 6.45) is 2.33. The zero-order chi connectivity index (χ0) is 23.7. The number of ether oxygens (including phenoxy) is 2. The molecule has 1 unspecified atom stereocenters. The number of sulfone groups is 1. The number of allylic oxidation sites excluding steroid dienone is 1. The first-order chi connectivity index (χ1) is 14.9. The molecule has 0 amide bonds. The molecule has 3 rings (SSSR count). The van der Waals surface area contributed by atoms with Gasteiger partial charge in [0.1, 0.15) is 23.2 Å². The van der Waals surface area contributed by atoms with Gasteiger partial charge in [-0.15, -0.1) is 0 Å². The van der Waals surface area contributed by atoms with Crippen LogP contribution in [0.15, 0.2) is 58.9 Å². The maximum Gasteiger partial charge on any atom is 0.328 e. The van der Waals surface area contributed by atoms with Crippen LogP contribution < -0.4 is 21.5 Å². The normalized spacial score (nSPS) is 14.8. The fourth-order valence-electron chi connectivity index (χ4n) is 3.25. The highest BCUT2D eigenvalue weighted by atomic mass is 32.2. The number of nitrogens with one attached hydrogen (secondary N) is 1. The van der Waals surface area contributed by atoms with Crippen molar-refractivity contribution >= 4 is 21.5 Å². The second-order valence-corrected chi connectivity index (χ2v) is 10.5. The molecule has 1 atom stereocenters. The molecule has 0 aliphatic carbocycles. The number of carbonyl (C=O) groups excluding carboxylic acids is 1. The molecule has 9 heteroatoms. The minimum Gasteiger partial charge on any atom is -0.458 e. The Morgan fingerprint density at radius 1 is 1.19 bits per heavy atom. The Balaban J connectivity index is 1.61. The average molecular weight is 460 g/mol. The molecule has 2 aromatic carbocycles. The van der Waals surface area contributed by atoms with Crippen LogP contribution in [-0.4, -0.2) is 26.2 Å². The molecule has 0 bridgehead atoms. The smallest absolute Gasteiger partial charge is 0.328 e. The van der Waals surface area contributed by atoms with Crippen molar-refractivity contribution in [2.45, 2.75) is 50.2 Å². The first-order valence-corrected chi connectivity index (χ1v) is 12.1. The number of esters is 1. The van der Waals surface area contributed by atoms with Crippen LogP contribution in [0.2, 0.25) is 0 Å². The van der Waals surface area contributed by atoms with E-state index in [4.69, 9.17) is 20.9 Å². The fraction of sp³-hybridized carbons (Fsp3) is 0.348. The summed E-state index contributed by atoms with van der Waals surface area (Å²) in [6.45, 7) is 5.39. The van der Waals surface area contributed by atoms with E-state index in [1.165, 1.54) is 6.26 Å². The molecule has 8 nitrogen and oxygen atoms in total. The summed E-state index contributed by atoms with van der Waals surface area (Å²) >= 11 is 0. The predicted octanol–water partition coefficient (Wildman–Crippen LogP) is 3.00. The van der Waals surface area contributed by atoms with Crippen LogP contribution in [0.5, 0.6) is 5.75 Å².